The summed E-state index contributed by atoms with van der Waals surface area (Å²) in [7, 11) is 1.43. The molecule has 1 aliphatic rings. The zero-order valence-corrected chi connectivity index (χ0v) is 23.0. The predicted molar refractivity (Wildman–Crippen MR) is 143 cm³/mol. The molecule has 196 valence electrons. The summed E-state index contributed by atoms with van der Waals surface area (Å²) in [5, 5.41) is 3.94. The van der Waals surface area contributed by atoms with E-state index in [-0.39, 0.29) is 34.3 Å². The standard InChI is InChI=1S/C25H32Cl3N5O3/c1-16-13-21(27)30-23(28)22(16)24(34)29-10-7-17(2)32-11-8-20(9-12-32)33(25(35)31-36-3)15-18-5-4-6-19(26)14-18/h4-6,13-14,17,20H,7-12,15H2,1-3H3,(H,29,34)(H,31,35). The summed E-state index contributed by atoms with van der Waals surface area (Å²) in [6, 6.07) is 9.22. The van der Waals surface area contributed by atoms with Crippen LogP contribution >= 0.6 is 34.8 Å². The first kappa shape index (κ1) is 28.5. The van der Waals surface area contributed by atoms with Gasteiger partial charge in [-0.05, 0) is 62.4 Å². The van der Waals surface area contributed by atoms with Gasteiger partial charge in [0, 0.05) is 43.3 Å². The van der Waals surface area contributed by atoms with Gasteiger partial charge in [-0.3, -0.25) is 9.63 Å². The highest BCUT2D eigenvalue weighted by molar-refractivity contribution is 6.35. The fourth-order valence-corrected chi connectivity index (χ4v) is 5.35. The summed E-state index contributed by atoms with van der Waals surface area (Å²) in [6.07, 6.45) is 2.45. The summed E-state index contributed by atoms with van der Waals surface area (Å²) in [6.45, 7) is 6.58. The third-order valence-electron chi connectivity index (χ3n) is 6.47. The van der Waals surface area contributed by atoms with Crippen LogP contribution in [0.4, 0.5) is 4.79 Å². The molecule has 0 radical (unpaired) electrons. The number of carbonyl (C=O) groups excluding carboxylic acids is 2. The topological polar surface area (TPSA) is 86.8 Å². The highest BCUT2D eigenvalue weighted by Gasteiger charge is 2.30. The number of aromatic nitrogens is 1. The molecule has 1 saturated heterocycles. The van der Waals surface area contributed by atoms with E-state index in [4.69, 9.17) is 39.6 Å². The number of aryl methyl sites for hydroxylation is 1. The van der Waals surface area contributed by atoms with Gasteiger partial charge in [0.2, 0.25) is 0 Å². The third kappa shape index (κ3) is 7.70. The van der Waals surface area contributed by atoms with Crippen molar-refractivity contribution in [2.45, 2.75) is 51.7 Å². The molecule has 3 rings (SSSR count). The molecule has 0 aliphatic carbocycles. The van der Waals surface area contributed by atoms with Crippen LogP contribution in [0, 0.1) is 6.92 Å². The van der Waals surface area contributed by atoms with Gasteiger partial charge in [-0.25, -0.2) is 15.3 Å². The molecule has 1 atom stereocenters. The minimum absolute atomic E-state index is 0.0739. The van der Waals surface area contributed by atoms with E-state index in [0.29, 0.717) is 29.2 Å². The van der Waals surface area contributed by atoms with Crippen LogP contribution in [-0.2, 0) is 11.4 Å². The summed E-state index contributed by atoms with van der Waals surface area (Å²) in [5.74, 6) is -0.256. The number of carbonyl (C=O) groups is 2. The zero-order valence-electron chi connectivity index (χ0n) is 20.7. The number of hydrogen-bond donors (Lipinski definition) is 2. The van der Waals surface area contributed by atoms with Crippen molar-refractivity contribution < 1.29 is 14.4 Å². The number of nitrogens with one attached hydrogen (secondary N) is 2. The summed E-state index contributed by atoms with van der Waals surface area (Å²) in [5.41, 5.74) is 4.46. The average Bonchev–Trinajstić information content (AvgIpc) is 2.82. The van der Waals surface area contributed by atoms with Gasteiger partial charge in [-0.2, -0.15) is 0 Å². The second-order valence-electron chi connectivity index (χ2n) is 8.96. The van der Waals surface area contributed by atoms with E-state index in [1.807, 2.05) is 29.2 Å². The van der Waals surface area contributed by atoms with Crippen LogP contribution in [0.5, 0.6) is 0 Å². The van der Waals surface area contributed by atoms with Crippen LogP contribution in [0.3, 0.4) is 0 Å². The number of amides is 3. The smallest absolute Gasteiger partial charge is 0.341 e. The lowest BCUT2D eigenvalue weighted by Crippen LogP contribution is -2.51. The monoisotopic (exact) mass is 555 g/mol. The van der Waals surface area contributed by atoms with Gasteiger partial charge >= 0.3 is 6.03 Å². The molecule has 1 aliphatic heterocycles. The maximum Gasteiger partial charge on any atom is 0.341 e. The van der Waals surface area contributed by atoms with E-state index in [1.165, 1.54) is 7.11 Å². The lowest BCUT2D eigenvalue weighted by molar-refractivity contribution is 0.0565. The Balaban J connectivity index is 1.51. The van der Waals surface area contributed by atoms with Crippen molar-refractivity contribution in [2.75, 3.05) is 26.7 Å². The van der Waals surface area contributed by atoms with E-state index in [9.17, 15) is 9.59 Å². The largest absolute Gasteiger partial charge is 0.352 e. The van der Waals surface area contributed by atoms with Crippen molar-refractivity contribution in [2.24, 2.45) is 0 Å². The average molecular weight is 557 g/mol. The molecule has 0 saturated carbocycles. The van der Waals surface area contributed by atoms with Crippen molar-refractivity contribution in [3.8, 4) is 0 Å². The Hall–Kier alpha value is -2.10. The first-order chi connectivity index (χ1) is 17.2. The molecule has 1 aromatic heterocycles. The molecular formula is C25H32Cl3N5O3. The number of piperidine rings is 1. The number of rotatable bonds is 9. The summed E-state index contributed by atoms with van der Waals surface area (Å²) in [4.78, 5) is 38.4. The highest BCUT2D eigenvalue weighted by atomic mass is 35.5. The molecule has 11 heteroatoms. The quantitative estimate of drug-likeness (QED) is 0.332. The Morgan fingerprint density at radius 1 is 1.22 bits per heavy atom. The maximum absolute atomic E-state index is 12.7. The number of nitrogens with zero attached hydrogens (tertiary/aromatic N) is 3. The Morgan fingerprint density at radius 2 is 1.94 bits per heavy atom. The van der Waals surface area contributed by atoms with Crippen molar-refractivity contribution in [3.63, 3.8) is 0 Å². The number of urea groups is 1. The Morgan fingerprint density at radius 3 is 2.58 bits per heavy atom. The van der Waals surface area contributed by atoms with E-state index in [0.717, 1.165) is 37.9 Å². The molecule has 1 unspecified atom stereocenters. The minimum Gasteiger partial charge on any atom is -0.352 e. The Labute approximate surface area is 227 Å². The van der Waals surface area contributed by atoms with E-state index in [2.05, 4.69) is 27.6 Å². The van der Waals surface area contributed by atoms with Gasteiger partial charge in [0.1, 0.15) is 10.3 Å². The number of likely N-dealkylation sites (tertiary alicyclic amines) is 1. The molecule has 0 bridgehead atoms. The fourth-order valence-electron chi connectivity index (χ4n) is 4.52. The van der Waals surface area contributed by atoms with Gasteiger partial charge in [0.15, 0.2) is 0 Å². The van der Waals surface area contributed by atoms with Gasteiger partial charge in [-0.1, -0.05) is 46.9 Å². The number of pyridine rings is 1. The molecule has 8 nitrogen and oxygen atoms in total. The lowest BCUT2D eigenvalue weighted by atomic mass is 10.00. The highest BCUT2D eigenvalue weighted by Crippen LogP contribution is 2.23. The molecule has 0 spiro atoms. The fraction of sp³-hybridized carbons (Fsp3) is 0.480. The van der Waals surface area contributed by atoms with Gasteiger partial charge in [0.25, 0.3) is 5.91 Å². The van der Waals surface area contributed by atoms with Crippen LogP contribution < -0.4 is 10.8 Å². The predicted octanol–water partition coefficient (Wildman–Crippen LogP) is 5.10. The third-order valence-corrected chi connectivity index (χ3v) is 7.17. The lowest BCUT2D eigenvalue weighted by Gasteiger charge is -2.40. The summed E-state index contributed by atoms with van der Waals surface area (Å²) < 4.78 is 0. The number of hydroxylamine groups is 1. The van der Waals surface area contributed by atoms with E-state index in [1.54, 1.807) is 13.0 Å². The van der Waals surface area contributed by atoms with Crippen LogP contribution in [0.15, 0.2) is 30.3 Å². The van der Waals surface area contributed by atoms with Crippen LogP contribution in [-0.4, -0.2) is 65.5 Å². The molecular weight excluding hydrogens is 525 g/mol. The van der Waals surface area contributed by atoms with E-state index < -0.39 is 0 Å². The van der Waals surface area contributed by atoms with E-state index >= 15 is 0 Å². The second-order valence-corrected chi connectivity index (χ2v) is 10.1. The van der Waals surface area contributed by atoms with Crippen LogP contribution in [0.25, 0.3) is 0 Å². The first-order valence-corrected chi connectivity index (χ1v) is 13.0. The number of halogens is 3. The van der Waals surface area contributed by atoms with Gasteiger partial charge < -0.3 is 15.1 Å². The molecule has 1 aromatic carbocycles. The van der Waals surface area contributed by atoms with Gasteiger partial charge in [0.05, 0.1) is 12.7 Å². The maximum atomic E-state index is 12.7. The normalized spacial score (nSPS) is 15.4. The molecule has 3 amide bonds. The van der Waals surface area contributed by atoms with Gasteiger partial charge in [-0.15, -0.1) is 0 Å². The van der Waals surface area contributed by atoms with Crippen molar-refractivity contribution in [3.05, 3.63) is 62.4 Å². The first-order valence-electron chi connectivity index (χ1n) is 11.9. The molecule has 1 fully saturated rings. The van der Waals surface area contributed by atoms with Crippen molar-refractivity contribution in [1.29, 1.82) is 0 Å². The zero-order chi connectivity index (χ0) is 26.2. The molecule has 2 heterocycles. The SMILES string of the molecule is CONC(=O)N(Cc1cccc(Cl)c1)C1CCN(C(C)CCNC(=O)c2c(C)cc(Cl)nc2Cl)CC1. The second kappa shape index (κ2) is 13.4. The molecule has 36 heavy (non-hydrogen) atoms. The minimum atomic E-state index is -0.266. The number of hydrogen-bond acceptors (Lipinski definition) is 5. The molecule has 2 aromatic rings. The Kier molecular flexibility index (Phi) is 10.6. The summed E-state index contributed by atoms with van der Waals surface area (Å²) >= 11 is 18.2. The Bertz CT molecular complexity index is 1040. The molecule has 2 N–H and O–H groups in total. The van der Waals surface area contributed by atoms with Crippen LogP contribution in [0.1, 0.15) is 47.7 Å². The number of benzene rings is 1. The van der Waals surface area contributed by atoms with Crippen molar-refractivity contribution >= 4 is 46.7 Å². The van der Waals surface area contributed by atoms with Crippen molar-refractivity contribution in [1.82, 2.24) is 25.6 Å². The van der Waals surface area contributed by atoms with Crippen LogP contribution in [0.2, 0.25) is 15.3 Å².